The van der Waals surface area contributed by atoms with Gasteiger partial charge in [-0.3, -0.25) is 4.79 Å². The number of carbonyl (C=O) groups excluding carboxylic acids is 1. The topological polar surface area (TPSA) is 26.3 Å². The van der Waals surface area contributed by atoms with Crippen LogP contribution >= 0.6 is 0 Å². The molecule has 0 aromatic heterocycles. The standard InChI is InChI=1S/C26H52O2/c1-4-5-6-7-8-9-10-11-12-13-14-15-16-17-18-19-20-23-26(27)28-24-21-22-25(2)3/h25H,4-24H2,1-3H3. The molecule has 0 aliphatic rings. The monoisotopic (exact) mass is 396 g/mol. The van der Waals surface area contributed by atoms with Crippen molar-refractivity contribution in [3.63, 3.8) is 0 Å². The van der Waals surface area contributed by atoms with Gasteiger partial charge in [-0.2, -0.15) is 0 Å². The molecule has 0 atom stereocenters. The van der Waals surface area contributed by atoms with Crippen molar-refractivity contribution in [3.8, 4) is 0 Å². The van der Waals surface area contributed by atoms with E-state index in [1.165, 1.54) is 103 Å². The zero-order chi connectivity index (χ0) is 20.7. The van der Waals surface area contributed by atoms with Crippen molar-refractivity contribution < 1.29 is 9.53 Å². The highest BCUT2D eigenvalue weighted by molar-refractivity contribution is 5.69. The van der Waals surface area contributed by atoms with Crippen molar-refractivity contribution in [2.24, 2.45) is 5.92 Å². The van der Waals surface area contributed by atoms with Gasteiger partial charge in [0.1, 0.15) is 0 Å². The number of ether oxygens (including phenoxy) is 1. The Morgan fingerprint density at radius 1 is 0.607 bits per heavy atom. The van der Waals surface area contributed by atoms with Crippen LogP contribution in [0.2, 0.25) is 0 Å². The lowest BCUT2D eigenvalue weighted by atomic mass is 10.0. The zero-order valence-electron chi connectivity index (χ0n) is 19.7. The minimum Gasteiger partial charge on any atom is -0.466 e. The first kappa shape index (κ1) is 27.5. The molecule has 0 radical (unpaired) electrons. The van der Waals surface area contributed by atoms with Crippen LogP contribution in [0.5, 0.6) is 0 Å². The molecular formula is C26H52O2. The summed E-state index contributed by atoms with van der Waals surface area (Å²) in [7, 11) is 0. The second-order valence-corrected chi connectivity index (χ2v) is 9.16. The maximum absolute atomic E-state index is 11.6. The van der Waals surface area contributed by atoms with Crippen LogP contribution in [0, 0.1) is 5.92 Å². The van der Waals surface area contributed by atoms with Crippen LogP contribution in [0.15, 0.2) is 0 Å². The molecule has 28 heavy (non-hydrogen) atoms. The van der Waals surface area contributed by atoms with E-state index in [1.807, 2.05) is 0 Å². The molecule has 0 aromatic carbocycles. The first-order valence-electron chi connectivity index (χ1n) is 12.8. The van der Waals surface area contributed by atoms with Gasteiger partial charge in [-0.15, -0.1) is 0 Å². The summed E-state index contributed by atoms with van der Waals surface area (Å²) in [4.78, 5) is 11.6. The summed E-state index contributed by atoms with van der Waals surface area (Å²) in [6, 6.07) is 0. The first-order valence-corrected chi connectivity index (χ1v) is 12.8. The van der Waals surface area contributed by atoms with Gasteiger partial charge in [0.15, 0.2) is 0 Å². The van der Waals surface area contributed by atoms with Gasteiger partial charge < -0.3 is 4.74 Å². The highest BCUT2D eigenvalue weighted by atomic mass is 16.5. The van der Waals surface area contributed by atoms with Crippen molar-refractivity contribution in [1.29, 1.82) is 0 Å². The van der Waals surface area contributed by atoms with Crippen LogP contribution in [0.25, 0.3) is 0 Å². The number of esters is 1. The lowest BCUT2D eigenvalue weighted by molar-refractivity contribution is -0.143. The molecule has 2 nitrogen and oxygen atoms in total. The highest BCUT2D eigenvalue weighted by Gasteiger charge is 2.03. The smallest absolute Gasteiger partial charge is 0.305 e. The van der Waals surface area contributed by atoms with E-state index >= 15 is 0 Å². The predicted molar refractivity (Wildman–Crippen MR) is 124 cm³/mol. The Morgan fingerprint density at radius 3 is 1.39 bits per heavy atom. The molecule has 0 heterocycles. The molecule has 0 aliphatic heterocycles. The Morgan fingerprint density at radius 2 is 1.00 bits per heavy atom. The molecule has 0 aliphatic carbocycles. The minimum absolute atomic E-state index is 0.00437. The third-order valence-corrected chi connectivity index (χ3v) is 5.67. The van der Waals surface area contributed by atoms with Gasteiger partial charge in [-0.1, -0.05) is 124 Å². The number of hydrogen-bond acceptors (Lipinski definition) is 2. The second-order valence-electron chi connectivity index (χ2n) is 9.16. The van der Waals surface area contributed by atoms with E-state index < -0.39 is 0 Å². The Hall–Kier alpha value is -0.530. The molecule has 0 spiro atoms. The predicted octanol–water partition coefficient (Wildman–Crippen LogP) is 9.01. The van der Waals surface area contributed by atoms with Gasteiger partial charge in [-0.25, -0.2) is 0 Å². The van der Waals surface area contributed by atoms with Crippen molar-refractivity contribution in [1.82, 2.24) is 0 Å². The third kappa shape index (κ3) is 23.5. The molecule has 168 valence electrons. The molecule has 0 rings (SSSR count). The first-order chi connectivity index (χ1) is 13.7. The average molecular weight is 397 g/mol. The number of rotatable bonds is 22. The molecule has 2 heteroatoms. The molecule has 0 aromatic rings. The fourth-order valence-electron chi connectivity index (χ4n) is 3.74. The van der Waals surface area contributed by atoms with Gasteiger partial charge in [0.05, 0.1) is 6.61 Å². The van der Waals surface area contributed by atoms with Gasteiger partial charge in [-0.05, 0) is 25.2 Å². The van der Waals surface area contributed by atoms with Crippen LogP contribution < -0.4 is 0 Å². The number of hydrogen-bond donors (Lipinski definition) is 0. The number of carbonyl (C=O) groups is 1. The van der Waals surface area contributed by atoms with Crippen LogP contribution in [-0.4, -0.2) is 12.6 Å². The Kier molecular flexibility index (Phi) is 22.3. The quantitative estimate of drug-likeness (QED) is 0.135. The van der Waals surface area contributed by atoms with E-state index in [0.29, 0.717) is 18.9 Å². The Labute approximate surface area is 177 Å². The summed E-state index contributed by atoms with van der Waals surface area (Å²) < 4.78 is 5.28. The largest absolute Gasteiger partial charge is 0.466 e. The molecule has 0 saturated heterocycles. The maximum Gasteiger partial charge on any atom is 0.305 e. The lowest BCUT2D eigenvalue weighted by Crippen LogP contribution is -2.06. The summed E-state index contributed by atoms with van der Waals surface area (Å²) >= 11 is 0. The molecule has 0 amide bonds. The van der Waals surface area contributed by atoms with Gasteiger partial charge in [0, 0.05) is 6.42 Å². The number of unbranched alkanes of at least 4 members (excludes halogenated alkanes) is 16. The van der Waals surface area contributed by atoms with E-state index in [1.54, 1.807) is 0 Å². The summed E-state index contributed by atoms with van der Waals surface area (Å²) in [6.07, 6.45) is 26.1. The van der Waals surface area contributed by atoms with Gasteiger partial charge in [0.25, 0.3) is 0 Å². The summed E-state index contributed by atoms with van der Waals surface area (Å²) in [5.74, 6) is 0.702. The zero-order valence-corrected chi connectivity index (χ0v) is 19.7. The molecule has 0 fully saturated rings. The van der Waals surface area contributed by atoms with Crippen LogP contribution in [0.3, 0.4) is 0 Å². The summed E-state index contributed by atoms with van der Waals surface area (Å²) in [6.45, 7) is 7.31. The van der Waals surface area contributed by atoms with Crippen LogP contribution in [0.4, 0.5) is 0 Å². The van der Waals surface area contributed by atoms with Crippen molar-refractivity contribution in [2.45, 2.75) is 149 Å². The second kappa shape index (κ2) is 22.8. The molecule has 0 saturated carbocycles. The van der Waals surface area contributed by atoms with E-state index in [9.17, 15) is 4.79 Å². The highest BCUT2D eigenvalue weighted by Crippen LogP contribution is 2.14. The third-order valence-electron chi connectivity index (χ3n) is 5.67. The maximum atomic E-state index is 11.6. The van der Waals surface area contributed by atoms with Gasteiger partial charge >= 0.3 is 5.97 Å². The summed E-state index contributed by atoms with van der Waals surface area (Å²) in [5.41, 5.74) is 0. The summed E-state index contributed by atoms with van der Waals surface area (Å²) in [5, 5.41) is 0. The van der Waals surface area contributed by atoms with Crippen molar-refractivity contribution in [3.05, 3.63) is 0 Å². The molecule has 0 bridgehead atoms. The fourth-order valence-corrected chi connectivity index (χ4v) is 3.74. The van der Waals surface area contributed by atoms with Crippen LogP contribution in [0.1, 0.15) is 149 Å². The molecule has 0 unspecified atom stereocenters. The van der Waals surface area contributed by atoms with Gasteiger partial charge in [0.2, 0.25) is 0 Å². The Bertz CT molecular complexity index is 312. The SMILES string of the molecule is CCCCCCCCCCCCCCCCCCCC(=O)OCCCC(C)C. The van der Waals surface area contributed by atoms with E-state index in [4.69, 9.17) is 4.74 Å². The normalized spacial score (nSPS) is 11.3. The minimum atomic E-state index is 0.00437. The average Bonchev–Trinajstić information content (AvgIpc) is 2.67. The van der Waals surface area contributed by atoms with Crippen molar-refractivity contribution in [2.75, 3.05) is 6.61 Å². The van der Waals surface area contributed by atoms with Crippen LogP contribution in [-0.2, 0) is 9.53 Å². The van der Waals surface area contributed by atoms with Crippen molar-refractivity contribution >= 4 is 5.97 Å². The fraction of sp³-hybridized carbons (Fsp3) is 0.962. The molecule has 0 N–H and O–H groups in total. The Balaban J connectivity index is 3.11. The molecular weight excluding hydrogens is 344 g/mol. The van der Waals surface area contributed by atoms with E-state index in [0.717, 1.165) is 19.3 Å². The lowest BCUT2D eigenvalue weighted by Gasteiger charge is -2.06. The van der Waals surface area contributed by atoms with E-state index in [-0.39, 0.29) is 5.97 Å². The van der Waals surface area contributed by atoms with E-state index in [2.05, 4.69) is 20.8 Å².